The van der Waals surface area contributed by atoms with Gasteiger partial charge in [-0.3, -0.25) is 4.57 Å². The fourth-order valence-electron chi connectivity index (χ4n) is 1.37. The Morgan fingerprint density at radius 3 is 2.47 bits per heavy atom. The highest BCUT2D eigenvalue weighted by Gasteiger charge is 2.07. The number of hydrogen-bond donors (Lipinski definition) is 0. The third kappa shape index (κ3) is 1.58. The normalized spacial score (nSPS) is 10.9. The Bertz CT molecular complexity index is 533. The topological polar surface area (TPSA) is 57.6 Å². The molecule has 0 spiro atoms. The summed E-state index contributed by atoms with van der Waals surface area (Å²) >= 11 is 0. The van der Waals surface area contributed by atoms with Gasteiger partial charge in [0.2, 0.25) is 0 Å². The van der Waals surface area contributed by atoms with Crippen LogP contribution in [0.3, 0.4) is 0 Å². The van der Waals surface area contributed by atoms with E-state index in [0.29, 0.717) is 6.54 Å². The van der Waals surface area contributed by atoms with Crippen LogP contribution in [0.25, 0.3) is 0 Å². The van der Waals surface area contributed by atoms with Crippen LogP contribution < -0.4 is 5.69 Å². The Morgan fingerprint density at radius 2 is 2.00 bits per heavy atom. The van der Waals surface area contributed by atoms with Crippen LogP contribution in [0.4, 0.5) is 0 Å². The van der Waals surface area contributed by atoms with Crippen LogP contribution in [-0.2, 0) is 20.6 Å². The van der Waals surface area contributed by atoms with Gasteiger partial charge in [0.1, 0.15) is 5.82 Å². The van der Waals surface area contributed by atoms with Crippen LogP contribution in [-0.4, -0.2) is 23.9 Å². The second-order valence-corrected chi connectivity index (χ2v) is 3.54. The smallest absolute Gasteiger partial charge is 0.317 e. The van der Waals surface area contributed by atoms with Crippen molar-refractivity contribution in [2.75, 3.05) is 0 Å². The molecular weight excluding hydrogens is 194 g/mol. The van der Waals surface area contributed by atoms with Gasteiger partial charge >= 0.3 is 5.69 Å². The summed E-state index contributed by atoms with van der Waals surface area (Å²) in [5.74, 6) is 1.62. The first-order valence-corrected chi connectivity index (χ1v) is 4.66. The first-order valence-electron chi connectivity index (χ1n) is 4.66. The highest BCUT2D eigenvalue weighted by molar-refractivity contribution is 4.94. The fraction of sp³-hybridized carbons (Fsp3) is 0.444. The summed E-state index contributed by atoms with van der Waals surface area (Å²) in [6.45, 7) is 2.33. The fourth-order valence-corrected chi connectivity index (χ4v) is 1.37. The van der Waals surface area contributed by atoms with Crippen molar-refractivity contribution < 1.29 is 0 Å². The van der Waals surface area contributed by atoms with Gasteiger partial charge in [-0.15, -0.1) is 10.2 Å². The van der Waals surface area contributed by atoms with E-state index in [1.165, 1.54) is 4.57 Å². The summed E-state index contributed by atoms with van der Waals surface area (Å²) in [5, 5.41) is 7.94. The van der Waals surface area contributed by atoms with Gasteiger partial charge in [0.05, 0.1) is 6.54 Å². The van der Waals surface area contributed by atoms with Gasteiger partial charge in [0, 0.05) is 26.5 Å². The zero-order chi connectivity index (χ0) is 11.0. The molecule has 80 valence electrons. The maximum atomic E-state index is 11.6. The summed E-state index contributed by atoms with van der Waals surface area (Å²) in [6.07, 6.45) is 3.47. The molecule has 2 aromatic rings. The Labute approximate surface area is 86.8 Å². The second-order valence-electron chi connectivity index (χ2n) is 3.54. The summed E-state index contributed by atoms with van der Waals surface area (Å²) < 4.78 is 5.01. The molecular formula is C9H13N5O. The number of aromatic nitrogens is 5. The van der Waals surface area contributed by atoms with Crippen molar-refractivity contribution in [3.8, 4) is 0 Å². The molecule has 0 aliphatic carbocycles. The number of rotatable bonds is 2. The summed E-state index contributed by atoms with van der Waals surface area (Å²) in [5.41, 5.74) is -0.0457. The lowest BCUT2D eigenvalue weighted by Gasteiger charge is -2.01. The van der Waals surface area contributed by atoms with Gasteiger partial charge < -0.3 is 9.13 Å². The van der Waals surface area contributed by atoms with Crippen molar-refractivity contribution >= 4 is 0 Å². The predicted octanol–water partition coefficient (Wildman–Crippen LogP) is -0.328. The predicted molar refractivity (Wildman–Crippen MR) is 54.5 cm³/mol. The Balaban J connectivity index is 2.34. The third-order valence-corrected chi connectivity index (χ3v) is 2.51. The van der Waals surface area contributed by atoms with E-state index >= 15 is 0 Å². The van der Waals surface area contributed by atoms with Gasteiger partial charge in [-0.25, -0.2) is 4.79 Å². The van der Waals surface area contributed by atoms with Crippen molar-refractivity contribution in [2.45, 2.75) is 13.5 Å². The summed E-state index contributed by atoms with van der Waals surface area (Å²) in [4.78, 5) is 11.6. The molecule has 0 saturated carbocycles. The van der Waals surface area contributed by atoms with E-state index in [2.05, 4.69) is 10.2 Å². The van der Waals surface area contributed by atoms with E-state index in [-0.39, 0.29) is 5.69 Å². The minimum absolute atomic E-state index is 0.0457. The van der Waals surface area contributed by atoms with Crippen molar-refractivity contribution in [1.82, 2.24) is 23.9 Å². The zero-order valence-corrected chi connectivity index (χ0v) is 9.01. The maximum Gasteiger partial charge on any atom is 0.328 e. The molecule has 6 nitrogen and oxygen atoms in total. The molecule has 0 unspecified atom stereocenters. The number of imidazole rings is 1. The first kappa shape index (κ1) is 9.70. The second kappa shape index (κ2) is 3.38. The molecule has 0 bridgehead atoms. The van der Waals surface area contributed by atoms with Crippen molar-refractivity contribution in [1.29, 1.82) is 0 Å². The van der Waals surface area contributed by atoms with Crippen LogP contribution in [0.15, 0.2) is 17.2 Å². The van der Waals surface area contributed by atoms with Gasteiger partial charge in [-0.05, 0) is 6.92 Å². The van der Waals surface area contributed by atoms with E-state index < -0.39 is 0 Å². The Morgan fingerprint density at radius 1 is 1.27 bits per heavy atom. The van der Waals surface area contributed by atoms with Crippen LogP contribution in [0, 0.1) is 6.92 Å². The number of aryl methyl sites for hydroxylation is 2. The molecule has 0 atom stereocenters. The summed E-state index contributed by atoms with van der Waals surface area (Å²) in [6, 6.07) is 0. The van der Waals surface area contributed by atoms with Crippen molar-refractivity contribution in [3.63, 3.8) is 0 Å². The molecule has 6 heteroatoms. The SMILES string of the molecule is Cc1nnc(Cn2ccn(C)c2=O)n1C. The third-order valence-electron chi connectivity index (χ3n) is 2.51. The molecule has 0 N–H and O–H groups in total. The molecule has 0 amide bonds. The molecule has 0 aromatic carbocycles. The maximum absolute atomic E-state index is 11.6. The standard InChI is InChI=1S/C9H13N5O/c1-7-10-11-8(13(7)3)6-14-5-4-12(2)9(14)15/h4-5H,6H2,1-3H3. The largest absolute Gasteiger partial charge is 0.328 e. The first-order chi connectivity index (χ1) is 7.09. The molecule has 0 aliphatic rings. The minimum atomic E-state index is -0.0457. The molecule has 2 rings (SSSR count). The summed E-state index contributed by atoms with van der Waals surface area (Å²) in [7, 11) is 3.61. The molecule has 0 fully saturated rings. The Kier molecular flexibility index (Phi) is 2.18. The monoisotopic (exact) mass is 207 g/mol. The lowest BCUT2D eigenvalue weighted by Crippen LogP contribution is -2.23. The van der Waals surface area contributed by atoms with Crippen molar-refractivity contribution in [2.24, 2.45) is 14.1 Å². The van der Waals surface area contributed by atoms with Gasteiger partial charge in [-0.2, -0.15) is 0 Å². The highest BCUT2D eigenvalue weighted by atomic mass is 16.1. The van der Waals surface area contributed by atoms with Crippen LogP contribution in [0.2, 0.25) is 0 Å². The number of nitrogens with zero attached hydrogens (tertiary/aromatic N) is 5. The molecule has 2 heterocycles. The van der Waals surface area contributed by atoms with Crippen molar-refractivity contribution in [3.05, 3.63) is 34.5 Å². The lowest BCUT2D eigenvalue weighted by molar-refractivity contribution is 0.656. The van der Waals surface area contributed by atoms with E-state index in [0.717, 1.165) is 11.6 Å². The quantitative estimate of drug-likeness (QED) is 0.677. The minimum Gasteiger partial charge on any atom is -0.317 e. The van der Waals surface area contributed by atoms with Gasteiger partial charge in [0.15, 0.2) is 5.82 Å². The Hall–Kier alpha value is -1.85. The average molecular weight is 207 g/mol. The van der Waals surface area contributed by atoms with Crippen LogP contribution >= 0.6 is 0 Å². The van der Waals surface area contributed by atoms with Crippen LogP contribution in [0.1, 0.15) is 11.6 Å². The van der Waals surface area contributed by atoms with E-state index in [1.807, 2.05) is 18.5 Å². The van der Waals surface area contributed by atoms with E-state index in [4.69, 9.17) is 0 Å². The number of hydrogen-bond acceptors (Lipinski definition) is 3. The van der Waals surface area contributed by atoms with Crippen LogP contribution in [0.5, 0.6) is 0 Å². The lowest BCUT2D eigenvalue weighted by atomic mass is 10.5. The van der Waals surface area contributed by atoms with Gasteiger partial charge in [0.25, 0.3) is 0 Å². The van der Waals surface area contributed by atoms with E-state index in [9.17, 15) is 4.79 Å². The molecule has 2 aromatic heterocycles. The molecule has 0 radical (unpaired) electrons. The molecule has 0 saturated heterocycles. The van der Waals surface area contributed by atoms with E-state index in [1.54, 1.807) is 24.0 Å². The highest BCUT2D eigenvalue weighted by Crippen LogP contribution is 1.99. The van der Waals surface area contributed by atoms with Gasteiger partial charge in [-0.1, -0.05) is 0 Å². The molecule has 15 heavy (non-hydrogen) atoms. The zero-order valence-electron chi connectivity index (χ0n) is 9.01. The molecule has 0 aliphatic heterocycles. The average Bonchev–Trinajstić information content (AvgIpc) is 2.68.